The first-order chi connectivity index (χ1) is 10.0. The monoisotopic (exact) mass is 289 g/mol. The summed E-state index contributed by atoms with van der Waals surface area (Å²) in [6, 6.07) is 5.98. The summed E-state index contributed by atoms with van der Waals surface area (Å²) in [7, 11) is 0. The molecule has 0 spiro atoms. The van der Waals surface area contributed by atoms with Crippen molar-refractivity contribution in [2.24, 2.45) is 11.0 Å². The van der Waals surface area contributed by atoms with E-state index in [9.17, 15) is 14.9 Å². The number of nitro benzene ring substituents is 1. The highest BCUT2D eigenvalue weighted by atomic mass is 16.6. The highest BCUT2D eigenvalue weighted by Gasteiger charge is 2.14. The highest BCUT2D eigenvalue weighted by molar-refractivity contribution is 5.87. The van der Waals surface area contributed by atoms with Crippen molar-refractivity contribution in [3.8, 4) is 0 Å². The Labute approximate surface area is 123 Å². The van der Waals surface area contributed by atoms with E-state index >= 15 is 0 Å². The lowest BCUT2D eigenvalue weighted by Gasteiger charge is -2.18. The minimum absolute atomic E-state index is 0.0237. The first kappa shape index (κ1) is 15.2. The van der Waals surface area contributed by atoms with Crippen molar-refractivity contribution in [3.05, 3.63) is 39.9 Å². The fraction of sp³-hybridized carbons (Fsp3) is 0.467. The van der Waals surface area contributed by atoms with Crippen LogP contribution in [0.5, 0.6) is 0 Å². The normalized spacial score (nSPS) is 20.2. The Morgan fingerprint density at radius 2 is 2.14 bits per heavy atom. The summed E-state index contributed by atoms with van der Waals surface area (Å²) in [5.41, 5.74) is 4.38. The van der Waals surface area contributed by atoms with Gasteiger partial charge in [-0.05, 0) is 37.2 Å². The third-order valence-electron chi connectivity index (χ3n) is 3.60. The van der Waals surface area contributed by atoms with Crippen LogP contribution in [-0.2, 0) is 11.2 Å². The molecule has 1 saturated carbocycles. The molecule has 21 heavy (non-hydrogen) atoms. The lowest BCUT2D eigenvalue weighted by atomic mass is 9.89. The second kappa shape index (κ2) is 6.97. The second-order valence-corrected chi connectivity index (χ2v) is 5.51. The van der Waals surface area contributed by atoms with Gasteiger partial charge in [-0.2, -0.15) is 5.10 Å². The van der Waals surface area contributed by atoms with Crippen LogP contribution < -0.4 is 5.43 Å². The second-order valence-electron chi connectivity index (χ2n) is 5.51. The molecule has 2 rings (SSSR count). The molecule has 0 heterocycles. The summed E-state index contributed by atoms with van der Waals surface area (Å²) in [5.74, 6) is 0.429. The minimum Gasteiger partial charge on any atom is -0.273 e. The smallest absolute Gasteiger partial charge is 0.269 e. The molecule has 1 fully saturated rings. The molecule has 1 aliphatic carbocycles. The van der Waals surface area contributed by atoms with E-state index in [2.05, 4.69) is 17.5 Å². The van der Waals surface area contributed by atoms with E-state index in [-0.39, 0.29) is 18.0 Å². The molecular weight excluding hydrogens is 270 g/mol. The fourth-order valence-corrected chi connectivity index (χ4v) is 2.46. The summed E-state index contributed by atoms with van der Waals surface area (Å²) in [6.07, 6.45) is 4.40. The summed E-state index contributed by atoms with van der Waals surface area (Å²) in [5, 5.41) is 14.7. The van der Waals surface area contributed by atoms with E-state index in [4.69, 9.17) is 0 Å². The number of rotatable bonds is 4. The zero-order chi connectivity index (χ0) is 15.2. The number of nitro groups is 1. The Hall–Kier alpha value is -2.24. The predicted octanol–water partition coefficient (Wildman–Crippen LogP) is 2.82. The third kappa shape index (κ3) is 4.66. The van der Waals surface area contributed by atoms with Gasteiger partial charge < -0.3 is 0 Å². The molecule has 1 N–H and O–H groups in total. The standard InChI is InChI=1S/C15H19N3O3/c1-11-3-2-4-13(9-11)16-17-15(19)10-12-5-7-14(8-6-12)18(20)21/h5-8,11H,2-4,9-10H2,1H3,(H,17,19)/b16-13+. The zero-order valence-electron chi connectivity index (χ0n) is 12.0. The number of carbonyl (C=O) groups excluding carboxylic acids is 1. The van der Waals surface area contributed by atoms with Crippen molar-refractivity contribution in [1.82, 2.24) is 5.43 Å². The zero-order valence-corrected chi connectivity index (χ0v) is 12.0. The number of hydrogen-bond donors (Lipinski definition) is 1. The largest absolute Gasteiger partial charge is 0.273 e. The SMILES string of the molecule is CC1CCC/C(=N\NC(=O)Cc2ccc([N+](=O)[O-])cc2)C1. The number of hydrogen-bond acceptors (Lipinski definition) is 4. The average molecular weight is 289 g/mol. The van der Waals surface area contributed by atoms with Crippen LogP contribution in [0.15, 0.2) is 29.4 Å². The van der Waals surface area contributed by atoms with Crippen LogP contribution in [0.1, 0.15) is 38.2 Å². The predicted molar refractivity (Wildman–Crippen MR) is 80.0 cm³/mol. The van der Waals surface area contributed by atoms with Gasteiger partial charge in [-0.3, -0.25) is 14.9 Å². The number of nitrogens with one attached hydrogen (secondary N) is 1. The van der Waals surface area contributed by atoms with Gasteiger partial charge in [-0.1, -0.05) is 19.1 Å². The molecule has 1 aliphatic rings. The van der Waals surface area contributed by atoms with Crippen LogP contribution >= 0.6 is 0 Å². The Kier molecular flexibility index (Phi) is 5.03. The molecule has 0 saturated heterocycles. The van der Waals surface area contributed by atoms with E-state index < -0.39 is 4.92 Å². The number of nitrogens with zero attached hydrogens (tertiary/aromatic N) is 2. The van der Waals surface area contributed by atoms with Crippen molar-refractivity contribution in [2.75, 3.05) is 0 Å². The van der Waals surface area contributed by atoms with Crippen LogP contribution in [0.2, 0.25) is 0 Å². The van der Waals surface area contributed by atoms with Crippen LogP contribution in [0.25, 0.3) is 0 Å². The quantitative estimate of drug-likeness (QED) is 0.683. The van der Waals surface area contributed by atoms with E-state index in [1.54, 1.807) is 12.1 Å². The molecule has 0 radical (unpaired) electrons. The molecule has 6 nitrogen and oxygen atoms in total. The molecule has 1 amide bonds. The van der Waals surface area contributed by atoms with Crippen molar-refractivity contribution in [1.29, 1.82) is 0 Å². The van der Waals surface area contributed by atoms with Gasteiger partial charge in [-0.15, -0.1) is 0 Å². The molecule has 112 valence electrons. The fourth-order valence-electron chi connectivity index (χ4n) is 2.46. The van der Waals surface area contributed by atoms with Crippen molar-refractivity contribution in [3.63, 3.8) is 0 Å². The molecule has 1 aromatic carbocycles. The Morgan fingerprint density at radius 1 is 1.43 bits per heavy atom. The maximum Gasteiger partial charge on any atom is 0.269 e. The van der Waals surface area contributed by atoms with Crippen molar-refractivity contribution < 1.29 is 9.72 Å². The number of carbonyl (C=O) groups is 1. The van der Waals surface area contributed by atoms with Gasteiger partial charge >= 0.3 is 0 Å². The topological polar surface area (TPSA) is 84.6 Å². The lowest BCUT2D eigenvalue weighted by molar-refractivity contribution is -0.384. The van der Waals surface area contributed by atoms with Gasteiger partial charge in [0.25, 0.3) is 5.69 Å². The van der Waals surface area contributed by atoms with Gasteiger partial charge in [0, 0.05) is 17.8 Å². The van der Waals surface area contributed by atoms with Crippen LogP contribution in [0.3, 0.4) is 0 Å². The van der Waals surface area contributed by atoms with Gasteiger partial charge in [0.15, 0.2) is 0 Å². The summed E-state index contributed by atoms with van der Waals surface area (Å²) in [6.45, 7) is 2.19. The highest BCUT2D eigenvalue weighted by Crippen LogP contribution is 2.20. The molecule has 0 bridgehead atoms. The van der Waals surface area contributed by atoms with E-state index in [1.807, 2.05) is 0 Å². The molecule has 0 aliphatic heterocycles. The Balaban J connectivity index is 1.86. The van der Waals surface area contributed by atoms with Crippen LogP contribution in [-0.4, -0.2) is 16.5 Å². The number of non-ortho nitro benzene ring substituents is 1. The van der Waals surface area contributed by atoms with Crippen molar-refractivity contribution in [2.45, 2.75) is 39.0 Å². The average Bonchev–Trinajstić information content (AvgIpc) is 2.46. The molecular formula is C15H19N3O3. The molecule has 1 unspecified atom stereocenters. The number of hydrazone groups is 1. The van der Waals surface area contributed by atoms with Gasteiger partial charge in [0.2, 0.25) is 5.91 Å². The van der Waals surface area contributed by atoms with Crippen LogP contribution in [0, 0.1) is 16.0 Å². The van der Waals surface area contributed by atoms with E-state index in [0.29, 0.717) is 5.92 Å². The van der Waals surface area contributed by atoms with Crippen LogP contribution in [0.4, 0.5) is 5.69 Å². The maximum absolute atomic E-state index is 11.8. The lowest BCUT2D eigenvalue weighted by Crippen LogP contribution is -2.23. The molecule has 0 aromatic heterocycles. The number of amides is 1. The molecule has 6 heteroatoms. The first-order valence-electron chi connectivity index (χ1n) is 7.12. The summed E-state index contributed by atoms with van der Waals surface area (Å²) < 4.78 is 0. The van der Waals surface area contributed by atoms with Crippen molar-refractivity contribution >= 4 is 17.3 Å². The summed E-state index contributed by atoms with van der Waals surface area (Å²) >= 11 is 0. The summed E-state index contributed by atoms with van der Waals surface area (Å²) in [4.78, 5) is 21.9. The van der Waals surface area contributed by atoms with E-state index in [0.717, 1.165) is 30.5 Å². The Bertz CT molecular complexity index is 552. The maximum atomic E-state index is 11.8. The minimum atomic E-state index is -0.458. The van der Waals surface area contributed by atoms with Gasteiger partial charge in [0.1, 0.15) is 0 Å². The van der Waals surface area contributed by atoms with Gasteiger partial charge in [0.05, 0.1) is 11.3 Å². The van der Waals surface area contributed by atoms with E-state index in [1.165, 1.54) is 18.6 Å². The Morgan fingerprint density at radius 3 is 2.76 bits per heavy atom. The molecule has 1 atom stereocenters. The number of benzene rings is 1. The first-order valence-corrected chi connectivity index (χ1v) is 7.12. The molecule has 1 aromatic rings. The van der Waals surface area contributed by atoms with Gasteiger partial charge in [-0.25, -0.2) is 5.43 Å². The third-order valence-corrected chi connectivity index (χ3v) is 3.60.